The lowest BCUT2D eigenvalue weighted by molar-refractivity contribution is 0.282. The number of hydrogen-bond acceptors (Lipinski definition) is 6. The summed E-state index contributed by atoms with van der Waals surface area (Å²) < 4.78 is 47.3. The van der Waals surface area contributed by atoms with Crippen molar-refractivity contribution in [1.29, 1.82) is 0 Å². The summed E-state index contributed by atoms with van der Waals surface area (Å²) in [5.74, 6) is 0.365. The van der Waals surface area contributed by atoms with E-state index in [1.54, 1.807) is 36.5 Å². The number of fused-ring (bicyclic) bond motifs is 1. The summed E-state index contributed by atoms with van der Waals surface area (Å²) in [5, 5.41) is 9.06. The first-order valence-electron chi connectivity index (χ1n) is 10.4. The zero-order valence-corrected chi connectivity index (χ0v) is 18.0. The molecule has 0 radical (unpaired) electrons. The van der Waals surface area contributed by atoms with Crippen molar-refractivity contribution in [2.75, 3.05) is 13.1 Å². The summed E-state index contributed by atoms with van der Waals surface area (Å²) >= 11 is 0. The minimum absolute atomic E-state index is 0.184. The molecule has 0 saturated carbocycles. The van der Waals surface area contributed by atoms with E-state index in [1.165, 1.54) is 16.4 Å². The Balaban J connectivity index is 1.36. The number of rotatable bonds is 5. The van der Waals surface area contributed by atoms with Crippen LogP contribution in [0.4, 0.5) is 4.39 Å². The van der Waals surface area contributed by atoms with Crippen LogP contribution >= 0.6 is 0 Å². The van der Waals surface area contributed by atoms with Gasteiger partial charge in [-0.15, -0.1) is 10.2 Å². The number of aromatic nitrogens is 3. The van der Waals surface area contributed by atoms with E-state index in [1.807, 2.05) is 12.1 Å². The van der Waals surface area contributed by atoms with Crippen LogP contribution in [0.3, 0.4) is 0 Å². The second-order valence-corrected chi connectivity index (χ2v) is 9.78. The highest BCUT2D eigenvalue weighted by molar-refractivity contribution is 7.89. The quantitative estimate of drug-likeness (QED) is 0.456. The summed E-state index contributed by atoms with van der Waals surface area (Å²) in [6.45, 7) is 0.697. The fourth-order valence-corrected chi connectivity index (χ4v) is 5.75. The number of para-hydroxylation sites is 1. The Kier molecular flexibility index (Phi) is 5.44. The summed E-state index contributed by atoms with van der Waals surface area (Å²) in [4.78, 5) is 4.51. The predicted molar refractivity (Wildman–Crippen MR) is 116 cm³/mol. The molecule has 5 rings (SSSR count). The van der Waals surface area contributed by atoms with E-state index in [0.717, 1.165) is 17.4 Å². The van der Waals surface area contributed by atoms with E-state index in [0.29, 0.717) is 36.7 Å². The number of halogens is 1. The summed E-state index contributed by atoms with van der Waals surface area (Å²) in [6.07, 6.45) is 3.45. The van der Waals surface area contributed by atoms with Crippen molar-refractivity contribution in [2.45, 2.75) is 30.1 Å². The van der Waals surface area contributed by atoms with Crippen molar-refractivity contribution in [2.24, 2.45) is 0 Å². The summed E-state index contributed by atoms with van der Waals surface area (Å²) in [5.41, 5.74) is 1.33. The first kappa shape index (κ1) is 20.7. The molecule has 1 fully saturated rings. The largest absolute Gasteiger partial charge is 0.425 e. The third kappa shape index (κ3) is 4.01. The lowest BCUT2D eigenvalue weighted by atomic mass is 10.00. The fraction of sp³-hybridized carbons (Fsp3) is 0.261. The Bertz CT molecular complexity index is 1350. The van der Waals surface area contributed by atoms with E-state index in [2.05, 4.69) is 15.2 Å². The molecule has 1 unspecified atom stereocenters. The van der Waals surface area contributed by atoms with Crippen LogP contribution in [0.15, 0.2) is 70.1 Å². The fourth-order valence-electron chi connectivity index (χ4n) is 4.07. The average Bonchev–Trinajstić information content (AvgIpc) is 3.29. The van der Waals surface area contributed by atoms with Crippen LogP contribution in [0, 0.1) is 5.82 Å². The van der Waals surface area contributed by atoms with Gasteiger partial charge in [0.1, 0.15) is 10.7 Å². The standard InChI is InChI=1S/C23H21FN4O3S/c24-19-10-8-16(9-11-19)14-21-26-27-23(31-21)18-6-3-13-28(15-18)32(29,30)20-7-1-4-17-5-2-12-25-22(17)20/h1-2,4-5,7-12,18H,3,6,13-15H2. The Labute approximate surface area is 185 Å². The molecule has 32 heavy (non-hydrogen) atoms. The molecule has 4 aromatic rings. The van der Waals surface area contributed by atoms with Gasteiger partial charge in [-0.25, -0.2) is 12.8 Å². The predicted octanol–water partition coefficient (Wildman–Crippen LogP) is 3.92. The number of hydrogen-bond donors (Lipinski definition) is 0. The van der Waals surface area contributed by atoms with Gasteiger partial charge in [0.2, 0.25) is 21.8 Å². The monoisotopic (exact) mass is 452 g/mol. The molecule has 3 heterocycles. The van der Waals surface area contributed by atoms with Gasteiger partial charge in [0.15, 0.2) is 0 Å². The first-order chi connectivity index (χ1) is 15.5. The highest BCUT2D eigenvalue weighted by atomic mass is 32.2. The van der Waals surface area contributed by atoms with Crippen LogP contribution in [0.1, 0.15) is 36.1 Å². The Morgan fingerprint density at radius 3 is 2.72 bits per heavy atom. The van der Waals surface area contributed by atoms with Crippen LogP contribution in [0.5, 0.6) is 0 Å². The zero-order chi connectivity index (χ0) is 22.1. The average molecular weight is 453 g/mol. The molecular weight excluding hydrogens is 431 g/mol. The SMILES string of the molecule is O=S(=O)(c1cccc2cccnc12)N1CCCC(c2nnc(Cc3ccc(F)cc3)o2)C1. The first-order valence-corrected chi connectivity index (χ1v) is 11.9. The molecule has 0 aliphatic carbocycles. The summed E-state index contributed by atoms with van der Waals surface area (Å²) in [6, 6.07) is 14.9. The second-order valence-electron chi connectivity index (χ2n) is 7.87. The number of piperidine rings is 1. The molecule has 164 valence electrons. The van der Waals surface area contributed by atoms with Crippen LogP contribution < -0.4 is 0 Å². The lowest BCUT2D eigenvalue weighted by Crippen LogP contribution is -2.39. The van der Waals surface area contributed by atoms with E-state index in [9.17, 15) is 12.8 Å². The molecule has 0 spiro atoms. The molecule has 0 bridgehead atoms. The van der Waals surface area contributed by atoms with Crippen molar-refractivity contribution in [1.82, 2.24) is 19.5 Å². The van der Waals surface area contributed by atoms with Crippen LogP contribution in [0.25, 0.3) is 10.9 Å². The number of nitrogens with zero attached hydrogens (tertiary/aromatic N) is 4. The molecule has 9 heteroatoms. The smallest absolute Gasteiger partial charge is 0.245 e. The highest BCUT2D eigenvalue weighted by Crippen LogP contribution is 2.31. The van der Waals surface area contributed by atoms with Gasteiger partial charge in [-0.3, -0.25) is 4.98 Å². The molecule has 2 aromatic heterocycles. The van der Waals surface area contributed by atoms with E-state index < -0.39 is 10.0 Å². The van der Waals surface area contributed by atoms with Gasteiger partial charge in [0.25, 0.3) is 0 Å². The molecule has 1 saturated heterocycles. The maximum Gasteiger partial charge on any atom is 0.245 e. The highest BCUT2D eigenvalue weighted by Gasteiger charge is 2.34. The van der Waals surface area contributed by atoms with Crippen molar-refractivity contribution < 1.29 is 17.2 Å². The second kappa shape index (κ2) is 8.40. The molecular formula is C23H21FN4O3S. The van der Waals surface area contributed by atoms with Crippen molar-refractivity contribution in [3.05, 3.63) is 84.0 Å². The third-order valence-corrected chi connectivity index (χ3v) is 7.59. The number of pyridine rings is 1. The minimum atomic E-state index is -3.73. The molecule has 1 aliphatic heterocycles. The van der Waals surface area contributed by atoms with Gasteiger partial charge in [0, 0.05) is 24.7 Å². The van der Waals surface area contributed by atoms with Gasteiger partial charge in [-0.1, -0.05) is 30.3 Å². The Hall–Kier alpha value is -3.17. The normalized spacial score (nSPS) is 17.6. The topological polar surface area (TPSA) is 89.2 Å². The van der Waals surface area contributed by atoms with E-state index in [-0.39, 0.29) is 23.2 Å². The van der Waals surface area contributed by atoms with E-state index in [4.69, 9.17) is 4.42 Å². The third-order valence-electron chi connectivity index (χ3n) is 5.70. The molecule has 0 N–H and O–H groups in total. The van der Waals surface area contributed by atoms with Crippen LogP contribution in [0.2, 0.25) is 0 Å². The maximum absolute atomic E-state index is 13.4. The summed E-state index contributed by atoms with van der Waals surface area (Å²) in [7, 11) is -3.73. The molecule has 1 aliphatic rings. The molecule has 0 amide bonds. The molecule has 1 atom stereocenters. The zero-order valence-electron chi connectivity index (χ0n) is 17.2. The van der Waals surface area contributed by atoms with Crippen molar-refractivity contribution in [3.8, 4) is 0 Å². The van der Waals surface area contributed by atoms with Crippen molar-refractivity contribution >= 4 is 20.9 Å². The Morgan fingerprint density at radius 2 is 1.88 bits per heavy atom. The van der Waals surface area contributed by atoms with Crippen LogP contribution in [-0.2, 0) is 16.4 Å². The molecule has 7 nitrogen and oxygen atoms in total. The number of benzene rings is 2. The molecule has 2 aromatic carbocycles. The minimum Gasteiger partial charge on any atom is -0.425 e. The lowest BCUT2D eigenvalue weighted by Gasteiger charge is -2.30. The van der Waals surface area contributed by atoms with Crippen molar-refractivity contribution in [3.63, 3.8) is 0 Å². The van der Waals surface area contributed by atoms with Gasteiger partial charge in [0.05, 0.1) is 17.9 Å². The van der Waals surface area contributed by atoms with Crippen LogP contribution in [-0.4, -0.2) is 41.0 Å². The van der Waals surface area contributed by atoms with Gasteiger partial charge in [-0.05, 0) is 42.7 Å². The van der Waals surface area contributed by atoms with Gasteiger partial charge < -0.3 is 4.42 Å². The van der Waals surface area contributed by atoms with Gasteiger partial charge >= 0.3 is 0 Å². The number of sulfonamides is 1. The maximum atomic E-state index is 13.4. The van der Waals surface area contributed by atoms with Gasteiger partial charge in [-0.2, -0.15) is 4.31 Å². The van der Waals surface area contributed by atoms with E-state index >= 15 is 0 Å². The Morgan fingerprint density at radius 1 is 1.06 bits per heavy atom.